The molecular formula is C25H19ClFNO4. The Labute approximate surface area is 188 Å². The molecular weight excluding hydrogens is 433 g/mol. The molecule has 0 aliphatic heterocycles. The topological polar surface area (TPSA) is 68.5 Å². The third-order valence-corrected chi connectivity index (χ3v) is 5.33. The fourth-order valence-electron chi connectivity index (χ4n) is 3.19. The molecule has 0 aliphatic rings. The highest BCUT2D eigenvalue weighted by atomic mass is 35.5. The van der Waals surface area contributed by atoms with Gasteiger partial charge in [-0.05, 0) is 55.8 Å². The number of carbonyl (C=O) groups is 1. The van der Waals surface area contributed by atoms with Gasteiger partial charge < -0.3 is 14.5 Å². The number of carbonyl (C=O) groups excluding carboxylic acids is 1. The van der Waals surface area contributed by atoms with Crippen molar-refractivity contribution in [2.75, 3.05) is 11.9 Å². The molecule has 0 fully saturated rings. The molecule has 0 saturated heterocycles. The van der Waals surface area contributed by atoms with Gasteiger partial charge >= 0.3 is 0 Å². The molecule has 32 heavy (non-hydrogen) atoms. The zero-order valence-corrected chi connectivity index (χ0v) is 18.1. The number of aryl methyl sites for hydroxylation is 2. The van der Waals surface area contributed by atoms with Crippen LogP contribution in [0.4, 0.5) is 10.1 Å². The van der Waals surface area contributed by atoms with E-state index < -0.39 is 23.8 Å². The number of nitrogens with one attached hydrogen (secondary N) is 1. The maximum Gasteiger partial charge on any atom is 0.262 e. The van der Waals surface area contributed by atoms with Crippen molar-refractivity contribution in [1.29, 1.82) is 0 Å². The minimum atomic E-state index is -0.507. The molecule has 1 N–H and O–H groups in total. The number of rotatable bonds is 5. The Bertz CT molecular complexity index is 1360. The van der Waals surface area contributed by atoms with Gasteiger partial charge in [0.25, 0.3) is 5.91 Å². The Kier molecular flexibility index (Phi) is 5.97. The Hall–Kier alpha value is -3.64. The van der Waals surface area contributed by atoms with Crippen molar-refractivity contribution >= 4 is 34.2 Å². The van der Waals surface area contributed by atoms with E-state index in [1.807, 2.05) is 38.1 Å². The van der Waals surface area contributed by atoms with Crippen LogP contribution in [-0.4, -0.2) is 12.5 Å². The summed E-state index contributed by atoms with van der Waals surface area (Å²) in [7, 11) is 0. The molecule has 0 atom stereocenters. The van der Waals surface area contributed by atoms with Crippen LogP contribution in [0.3, 0.4) is 0 Å². The van der Waals surface area contributed by atoms with Gasteiger partial charge in [0.15, 0.2) is 12.4 Å². The van der Waals surface area contributed by atoms with Gasteiger partial charge in [-0.2, -0.15) is 0 Å². The Morgan fingerprint density at radius 1 is 1.06 bits per heavy atom. The summed E-state index contributed by atoms with van der Waals surface area (Å²) in [5.74, 6) is -0.785. The van der Waals surface area contributed by atoms with Gasteiger partial charge in [0, 0.05) is 16.3 Å². The van der Waals surface area contributed by atoms with E-state index >= 15 is 0 Å². The van der Waals surface area contributed by atoms with Gasteiger partial charge in [-0.1, -0.05) is 41.4 Å². The number of hydrogen-bond donors (Lipinski definition) is 1. The average molecular weight is 452 g/mol. The second-order valence-electron chi connectivity index (χ2n) is 7.40. The molecule has 0 bridgehead atoms. The van der Waals surface area contributed by atoms with E-state index in [0.717, 1.165) is 11.1 Å². The molecule has 4 rings (SSSR count). The second kappa shape index (κ2) is 8.85. The molecule has 3 aromatic carbocycles. The zero-order chi connectivity index (χ0) is 22.8. The average Bonchev–Trinajstić information content (AvgIpc) is 2.76. The molecule has 0 saturated carbocycles. The van der Waals surface area contributed by atoms with Crippen LogP contribution in [0.2, 0.25) is 5.02 Å². The number of ether oxygens (including phenoxy) is 1. The van der Waals surface area contributed by atoms with E-state index in [1.54, 1.807) is 6.07 Å². The Balaban J connectivity index is 1.71. The second-order valence-corrected chi connectivity index (χ2v) is 7.80. The zero-order valence-electron chi connectivity index (χ0n) is 17.4. The third kappa shape index (κ3) is 4.50. The monoisotopic (exact) mass is 451 g/mol. The Morgan fingerprint density at radius 2 is 1.75 bits per heavy atom. The molecule has 1 amide bonds. The first-order chi connectivity index (χ1) is 15.3. The van der Waals surface area contributed by atoms with E-state index in [4.69, 9.17) is 20.8 Å². The number of hydrogen-bond acceptors (Lipinski definition) is 4. The molecule has 5 nitrogen and oxygen atoms in total. The third-order valence-electron chi connectivity index (χ3n) is 4.92. The first kappa shape index (κ1) is 21.6. The molecule has 4 aromatic rings. The van der Waals surface area contributed by atoms with Gasteiger partial charge in [-0.15, -0.1) is 0 Å². The normalized spacial score (nSPS) is 10.9. The van der Waals surface area contributed by atoms with Gasteiger partial charge in [0.1, 0.15) is 11.4 Å². The summed E-state index contributed by atoms with van der Waals surface area (Å²) in [4.78, 5) is 25.6. The highest BCUT2D eigenvalue weighted by molar-refractivity contribution is 6.32. The van der Waals surface area contributed by atoms with Crippen LogP contribution in [0, 0.1) is 19.7 Å². The molecule has 0 unspecified atom stereocenters. The predicted molar refractivity (Wildman–Crippen MR) is 123 cm³/mol. The van der Waals surface area contributed by atoms with Gasteiger partial charge in [0.05, 0.1) is 5.39 Å². The summed E-state index contributed by atoms with van der Waals surface area (Å²) in [5.41, 5.74) is 2.79. The highest BCUT2D eigenvalue weighted by Gasteiger charge is 2.20. The fourth-order valence-corrected chi connectivity index (χ4v) is 3.36. The number of amides is 1. The summed E-state index contributed by atoms with van der Waals surface area (Å²) >= 11 is 6.20. The standard InChI is InChI=1S/C25H19ClFNO4/c1-14-3-5-16(6-4-14)24-25(23(30)19-12-20(26)15(2)11-21(19)32-24)31-13-22(29)28-18-9-7-17(27)8-10-18/h3-12H,13H2,1-2H3,(H,28,29). The van der Waals surface area contributed by atoms with Crippen molar-refractivity contribution in [3.05, 3.63) is 92.9 Å². The lowest BCUT2D eigenvalue weighted by molar-refractivity contribution is -0.118. The van der Waals surface area contributed by atoms with Crippen LogP contribution in [0.25, 0.3) is 22.3 Å². The Morgan fingerprint density at radius 3 is 2.44 bits per heavy atom. The lowest BCUT2D eigenvalue weighted by Crippen LogP contribution is -2.22. The van der Waals surface area contributed by atoms with Crippen molar-refractivity contribution in [2.24, 2.45) is 0 Å². The lowest BCUT2D eigenvalue weighted by atomic mass is 10.1. The van der Waals surface area contributed by atoms with E-state index in [2.05, 4.69) is 5.32 Å². The molecule has 0 aliphatic carbocycles. The first-order valence-corrected chi connectivity index (χ1v) is 10.2. The molecule has 7 heteroatoms. The van der Waals surface area contributed by atoms with E-state index in [0.29, 0.717) is 21.9 Å². The van der Waals surface area contributed by atoms with Crippen LogP contribution in [0.5, 0.6) is 5.75 Å². The molecule has 1 heterocycles. The minimum Gasteiger partial charge on any atom is -0.476 e. The van der Waals surface area contributed by atoms with Crippen LogP contribution in [-0.2, 0) is 4.79 Å². The maximum atomic E-state index is 13.2. The van der Waals surface area contributed by atoms with Crippen molar-refractivity contribution in [1.82, 2.24) is 0 Å². The van der Waals surface area contributed by atoms with Crippen LogP contribution in [0.15, 0.2) is 69.9 Å². The quantitative estimate of drug-likeness (QED) is 0.411. The molecule has 162 valence electrons. The van der Waals surface area contributed by atoms with Crippen LogP contribution in [0.1, 0.15) is 11.1 Å². The fraction of sp³-hybridized carbons (Fsp3) is 0.120. The van der Waals surface area contributed by atoms with Gasteiger partial charge in [-0.3, -0.25) is 9.59 Å². The van der Waals surface area contributed by atoms with Crippen molar-refractivity contribution in [2.45, 2.75) is 13.8 Å². The van der Waals surface area contributed by atoms with Crippen molar-refractivity contribution < 1.29 is 18.3 Å². The number of anilines is 1. The summed E-state index contributed by atoms with van der Waals surface area (Å²) in [6.45, 7) is 3.33. The highest BCUT2D eigenvalue weighted by Crippen LogP contribution is 2.33. The smallest absolute Gasteiger partial charge is 0.262 e. The SMILES string of the molecule is Cc1ccc(-c2oc3cc(C)c(Cl)cc3c(=O)c2OCC(=O)Nc2ccc(F)cc2)cc1. The minimum absolute atomic E-state index is 0.0875. The van der Waals surface area contributed by atoms with E-state index in [9.17, 15) is 14.0 Å². The summed E-state index contributed by atoms with van der Waals surface area (Å²) in [5, 5.41) is 3.27. The van der Waals surface area contributed by atoms with Crippen molar-refractivity contribution in [3.63, 3.8) is 0 Å². The lowest BCUT2D eigenvalue weighted by Gasteiger charge is -2.13. The molecule has 1 aromatic heterocycles. The molecule has 0 radical (unpaired) electrons. The molecule has 0 spiro atoms. The first-order valence-electron chi connectivity index (χ1n) is 9.84. The largest absolute Gasteiger partial charge is 0.476 e. The number of benzene rings is 3. The van der Waals surface area contributed by atoms with Gasteiger partial charge in [0.2, 0.25) is 11.2 Å². The van der Waals surface area contributed by atoms with Crippen molar-refractivity contribution in [3.8, 4) is 17.1 Å². The van der Waals surface area contributed by atoms with Gasteiger partial charge in [-0.25, -0.2) is 4.39 Å². The summed E-state index contributed by atoms with van der Waals surface area (Å²) in [6.07, 6.45) is 0. The van der Waals surface area contributed by atoms with E-state index in [1.165, 1.54) is 30.3 Å². The maximum absolute atomic E-state index is 13.2. The predicted octanol–water partition coefficient (Wildman–Crippen LogP) is 5.89. The number of halogens is 2. The summed E-state index contributed by atoms with van der Waals surface area (Å²) in [6, 6.07) is 15.9. The number of fused-ring (bicyclic) bond motifs is 1. The van der Waals surface area contributed by atoms with E-state index in [-0.39, 0.29) is 16.9 Å². The van der Waals surface area contributed by atoms with Crippen LogP contribution < -0.4 is 15.5 Å². The van der Waals surface area contributed by atoms with Crippen LogP contribution >= 0.6 is 11.6 Å². The summed E-state index contributed by atoms with van der Waals surface area (Å²) < 4.78 is 24.8.